The Kier molecular flexibility index (Phi) is 3.15. The molecule has 6 nitrogen and oxygen atoms in total. The van der Waals surface area contributed by atoms with Crippen LogP contribution in [0.3, 0.4) is 0 Å². The Morgan fingerprint density at radius 3 is 2.53 bits per heavy atom. The van der Waals surface area contributed by atoms with Crippen molar-refractivity contribution in [2.24, 2.45) is 0 Å². The van der Waals surface area contributed by atoms with Crippen LogP contribution in [0.2, 0.25) is 0 Å². The van der Waals surface area contributed by atoms with Crippen LogP contribution in [0.1, 0.15) is 21.6 Å². The Morgan fingerprint density at radius 1 is 1.26 bits per heavy atom. The van der Waals surface area contributed by atoms with E-state index in [0.29, 0.717) is 9.65 Å². The van der Waals surface area contributed by atoms with Crippen LogP contribution in [0.15, 0.2) is 35.4 Å². The van der Waals surface area contributed by atoms with E-state index >= 15 is 0 Å². The second kappa shape index (κ2) is 4.51. The summed E-state index contributed by atoms with van der Waals surface area (Å²) in [6.45, 7) is 3.50. The summed E-state index contributed by atoms with van der Waals surface area (Å²) in [5, 5.41) is 12.3. The van der Waals surface area contributed by atoms with Gasteiger partial charge in [-0.3, -0.25) is 0 Å². The quantitative estimate of drug-likeness (QED) is 0.918. The van der Waals surface area contributed by atoms with Crippen molar-refractivity contribution in [1.82, 2.24) is 9.19 Å². The zero-order valence-electron chi connectivity index (χ0n) is 10.4. The highest BCUT2D eigenvalue weighted by Crippen LogP contribution is 2.20. The van der Waals surface area contributed by atoms with Crippen molar-refractivity contribution in [2.75, 3.05) is 0 Å². The minimum absolute atomic E-state index is 0.118. The third kappa shape index (κ3) is 2.24. The van der Waals surface area contributed by atoms with Crippen LogP contribution in [0.4, 0.5) is 0 Å². The molecule has 1 aromatic heterocycles. The fraction of sp³-hybridized carbons (Fsp3) is 0.167. The van der Waals surface area contributed by atoms with Crippen LogP contribution in [0, 0.1) is 13.8 Å². The number of hydrogen-bond acceptors (Lipinski definition) is 4. The van der Waals surface area contributed by atoms with E-state index in [0.717, 1.165) is 17.8 Å². The van der Waals surface area contributed by atoms with Crippen LogP contribution in [-0.2, 0) is 10.0 Å². The monoisotopic (exact) mass is 280 g/mol. The molecule has 2 rings (SSSR count). The molecule has 0 aliphatic heterocycles. The van der Waals surface area contributed by atoms with E-state index in [4.69, 9.17) is 5.11 Å². The lowest BCUT2D eigenvalue weighted by molar-refractivity contribution is 0.0690. The van der Waals surface area contributed by atoms with Crippen LogP contribution in [0.25, 0.3) is 0 Å². The number of carboxylic acid groups (broad SMARTS) is 1. The first-order chi connectivity index (χ1) is 8.84. The summed E-state index contributed by atoms with van der Waals surface area (Å²) in [6.07, 6.45) is 1.13. The Hall–Kier alpha value is -2.15. The van der Waals surface area contributed by atoms with Gasteiger partial charge in [-0.05, 0) is 37.1 Å². The summed E-state index contributed by atoms with van der Waals surface area (Å²) in [4.78, 5) is 10.8. The zero-order valence-corrected chi connectivity index (χ0v) is 11.2. The molecule has 7 heteroatoms. The number of nitrogens with zero attached hydrogens (tertiary/aromatic N) is 2. The molecule has 0 radical (unpaired) electrons. The molecule has 1 N–H and O–H groups in total. The molecule has 0 saturated heterocycles. The molecule has 0 aliphatic carbocycles. The molecule has 1 heterocycles. The average molecular weight is 280 g/mol. The maximum absolute atomic E-state index is 12.4. The Balaban J connectivity index is 2.59. The first-order valence-corrected chi connectivity index (χ1v) is 6.89. The van der Waals surface area contributed by atoms with Crippen molar-refractivity contribution in [2.45, 2.75) is 18.7 Å². The number of aryl methyl sites for hydroxylation is 1. The largest absolute Gasteiger partial charge is 0.476 e. The van der Waals surface area contributed by atoms with Crippen LogP contribution in [0.5, 0.6) is 0 Å². The van der Waals surface area contributed by atoms with Gasteiger partial charge in [0.2, 0.25) is 0 Å². The van der Waals surface area contributed by atoms with Gasteiger partial charge in [-0.1, -0.05) is 12.1 Å². The first kappa shape index (κ1) is 13.3. The highest BCUT2D eigenvalue weighted by atomic mass is 32.2. The zero-order chi connectivity index (χ0) is 14.2. The predicted octanol–water partition coefficient (Wildman–Crippen LogP) is 1.44. The van der Waals surface area contributed by atoms with Gasteiger partial charge in [-0.25, -0.2) is 4.79 Å². The summed E-state index contributed by atoms with van der Waals surface area (Å²) in [5.41, 5.74) is 1.15. The number of aromatic nitrogens is 2. The van der Waals surface area contributed by atoms with Gasteiger partial charge in [0.15, 0.2) is 5.69 Å². The van der Waals surface area contributed by atoms with Gasteiger partial charge in [0.25, 0.3) is 10.0 Å². The van der Waals surface area contributed by atoms with E-state index in [9.17, 15) is 13.2 Å². The number of carbonyl (C=O) groups is 1. The van der Waals surface area contributed by atoms with Crippen molar-refractivity contribution in [3.8, 4) is 0 Å². The minimum atomic E-state index is -3.86. The van der Waals surface area contributed by atoms with Gasteiger partial charge in [0, 0.05) is 6.20 Å². The molecule has 0 atom stereocenters. The molecule has 0 aliphatic rings. The van der Waals surface area contributed by atoms with E-state index in [1.165, 1.54) is 6.07 Å². The Bertz CT molecular complexity index is 747. The molecule has 2 aromatic rings. The molecule has 0 saturated carbocycles. The highest BCUT2D eigenvalue weighted by Gasteiger charge is 2.22. The van der Waals surface area contributed by atoms with Crippen molar-refractivity contribution in [3.63, 3.8) is 0 Å². The van der Waals surface area contributed by atoms with Crippen molar-refractivity contribution >= 4 is 16.0 Å². The number of benzene rings is 1. The fourth-order valence-electron chi connectivity index (χ4n) is 1.66. The van der Waals surface area contributed by atoms with Crippen molar-refractivity contribution in [3.05, 3.63) is 47.3 Å². The Labute approximate surface area is 110 Å². The van der Waals surface area contributed by atoms with Crippen LogP contribution >= 0.6 is 0 Å². The lowest BCUT2D eigenvalue weighted by atomic mass is 10.1. The molecule has 100 valence electrons. The standard InChI is InChI=1S/C12H12N2O4S/c1-8-4-3-5-11(9(8)2)19(17,18)14-7-6-10(13-14)12(15)16/h3-7H,1-2H3,(H,15,16). The van der Waals surface area contributed by atoms with E-state index in [-0.39, 0.29) is 10.6 Å². The van der Waals surface area contributed by atoms with E-state index < -0.39 is 16.0 Å². The lowest BCUT2D eigenvalue weighted by Gasteiger charge is -2.09. The summed E-state index contributed by atoms with van der Waals surface area (Å²) >= 11 is 0. The minimum Gasteiger partial charge on any atom is -0.476 e. The highest BCUT2D eigenvalue weighted by molar-refractivity contribution is 7.89. The fourth-order valence-corrected chi connectivity index (χ4v) is 3.08. The average Bonchev–Trinajstić information content (AvgIpc) is 2.82. The summed E-state index contributed by atoms with van der Waals surface area (Å²) in [6, 6.07) is 6.06. The van der Waals surface area contributed by atoms with E-state index in [1.807, 2.05) is 0 Å². The van der Waals surface area contributed by atoms with Crippen molar-refractivity contribution < 1.29 is 18.3 Å². The molecule has 0 unspecified atom stereocenters. The third-order valence-corrected chi connectivity index (χ3v) is 4.56. The summed E-state index contributed by atoms with van der Waals surface area (Å²) in [5.74, 6) is -1.27. The normalized spacial score (nSPS) is 11.5. The van der Waals surface area contributed by atoms with Gasteiger partial charge in [0.1, 0.15) is 0 Å². The summed E-state index contributed by atoms with van der Waals surface area (Å²) in [7, 11) is -3.86. The van der Waals surface area contributed by atoms with Gasteiger partial charge >= 0.3 is 5.97 Å². The second-order valence-corrected chi connectivity index (χ2v) is 5.85. The summed E-state index contributed by atoms with van der Waals surface area (Å²) < 4.78 is 25.4. The molecular formula is C12H12N2O4S. The maximum Gasteiger partial charge on any atom is 0.356 e. The Morgan fingerprint density at radius 2 is 1.95 bits per heavy atom. The maximum atomic E-state index is 12.4. The first-order valence-electron chi connectivity index (χ1n) is 5.45. The number of aromatic carboxylic acids is 1. The number of rotatable bonds is 3. The lowest BCUT2D eigenvalue weighted by Crippen LogP contribution is -2.16. The van der Waals surface area contributed by atoms with Crippen molar-refractivity contribution in [1.29, 1.82) is 0 Å². The van der Waals surface area contributed by atoms with E-state index in [1.54, 1.807) is 26.0 Å². The van der Waals surface area contributed by atoms with Gasteiger partial charge in [0.05, 0.1) is 4.90 Å². The third-order valence-electron chi connectivity index (χ3n) is 2.86. The molecule has 0 amide bonds. The molecule has 19 heavy (non-hydrogen) atoms. The van der Waals surface area contributed by atoms with Gasteiger partial charge in [-0.2, -0.15) is 17.6 Å². The molecule has 0 spiro atoms. The van der Waals surface area contributed by atoms with Crippen LogP contribution in [-0.4, -0.2) is 28.7 Å². The molecule has 0 fully saturated rings. The smallest absolute Gasteiger partial charge is 0.356 e. The van der Waals surface area contributed by atoms with Crippen LogP contribution < -0.4 is 0 Å². The SMILES string of the molecule is Cc1cccc(S(=O)(=O)n2ccc(C(=O)O)n2)c1C. The number of carboxylic acids is 1. The number of hydrogen-bond donors (Lipinski definition) is 1. The van der Waals surface area contributed by atoms with Gasteiger partial charge < -0.3 is 5.11 Å². The van der Waals surface area contributed by atoms with E-state index in [2.05, 4.69) is 5.10 Å². The molecule has 1 aromatic carbocycles. The molecular weight excluding hydrogens is 268 g/mol. The van der Waals surface area contributed by atoms with Gasteiger partial charge in [-0.15, -0.1) is 0 Å². The molecule has 0 bridgehead atoms. The second-order valence-electron chi connectivity index (χ2n) is 4.08. The topological polar surface area (TPSA) is 89.3 Å². The predicted molar refractivity (Wildman–Crippen MR) is 67.7 cm³/mol.